The maximum Gasteiger partial charge on any atom is 0.223 e. The molecule has 0 bridgehead atoms. The van der Waals surface area contributed by atoms with E-state index in [9.17, 15) is 4.79 Å². The molecule has 1 aliphatic heterocycles. The van der Waals surface area contributed by atoms with Gasteiger partial charge < -0.3 is 15.8 Å². The van der Waals surface area contributed by atoms with E-state index in [1.165, 1.54) is 19.3 Å². The van der Waals surface area contributed by atoms with Gasteiger partial charge in [-0.05, 0) is 51.0 Å². The lowest BCUT2D eigenvalue weighted by Crippen LogP contribution is -2.35. The average molecular weight is 268 g/mol. The second kappa shape index (κ2) is 7.85. The summed E-state index contributed by atoms with van der Waals surface area (Å²) in [6, 6.07) is 0. The van der Waals surface area contributed by atoms with E-state index in [4.69, 9.17) is 10.5 Å². The van der Waals surface area contributed by atoms with Crippen LogP contribution >= 0.6 is 0 Å². The lowest BCUT2D eigenvalue weighted by molar-refractivity contribution is -0.126. The highest BCUT2D eigenvalue weighted by molar-refractivity contribution is 5.78. The maximum atomic E-state index is 12.1. The quantitative estimate of drug-likeness (QED) is 0.772. The molecule has 0 radical (unpaired) electrons. The van der Waals surface area contributed by atoms with E-state index in [2.05, 4.69) is 5.32 Å². The molecule has 1 heterocycles. The minimum Gasteiger partial charge on any atom is -0.378 e. The molecule has 0 aromatic carbocycles. The monoisotopic (exact) mass is 268 g/mol. The van der Waals surface area contributed by atoms with Gasteiger partial charge in [0.15, 0.2) is 0 Å². The van der Waals surface area contributed by atoms with Gasteiger partial charge in [-0.3, -0.25) is 4.79 Å². The van der Waals surface area contributed by atoms with Crippen LogP contribution in [0.1, 0.15) is 51.4 Å². The van der Waals surface area contributed by atoms with Crippen molar-refractivity contribution in [3.05, 3.63) is 0 Å². The van der Waals surface area contributed by atoms with Crippen molar-refractivity contribution in [3.63, 3.8) is 0 Å². The predicted octanol–water partition coefficient (Wildman–Crippen LogP) is 1.83. The standard InChI is InChI=1S/C15H28N2O2/c16-8-6-12-3-1-4-13(11-12)15(18)17-9-7-14-5-2-10-19-14/h12-14H,1-11,16H2,(H,17,18). The first-order valence-electron chi connectivity index (χ1n) is 7.89. The zero-order valence-electron chi connectivity index (χ0n) is 11.9. The molecule has 2 fully saturated rings. The van der Waals surface area contributed by atoms with Crippen LogP contribution in [0.3, 0.4) is 0 Å². The molecule has 110 valence electrons. The Bertz CT molecular complexity index is 275. The van der Waals surface area contributed by atoms with Crippen molar-refractivity contribution in [2.24, 2.45) is 17.6 Å². The van der Waals surface area contributed by atoms with Crippen LogP contribution in [-0.4, -0.2) is 31.7 Å². The van der Waals surface area contributed by atoms with Crippen LogP contribution in [0, 0.1) is 11.8 Å². The SMILES string of the molecule is NCCC1CCCC(C(=O)NCCC2CCCO2)C1. The molecule has 2 rings (SSSR count). The van der Waals surface area contributed by atoms with Crippen LogP contribution in [0.25, 0.3) is 0 Å². The molecule has 4 nitrogen and oxygen atoms in total. The van der Waals surface area contributed by atoms with E-state index in [1.807, 2.05) is 0 Å². The van der Waals surface area contributed by atoms with Crippen molar-refractivity contribution in [2.45, 2.75) is 57.5 Å². The zero-order valence-corrected chi connectivity index (χ0v) is 11.9. The molecule has 3 unspecified atom stereocenters. The first-order valence-corrected chi connectivity index (χ1v) is 7.89. The van der Waals surface area contributed by atoms with Gasteiger partial charge in [0.1, 0.15) is 0 Å². The summed E-state index contributed by atoms with van der Waals surface area (Å²) in [5, 5.41) is 3.09. The number of nitrogens with one attached hydrogen (secondary N) is 1. The Morgan fingerprint density at radius 1 is 1.21 bits per heavy atom. The third kappa shape index (κ3) is 4.77. The van der Waals surface area contributed by atoms with Gasteiger partial charge in [0.05, 0.1) is 6.10 Å². The largest absolute Gasteiger partial charge is 0.378 e. The first kappa shape index (κ1) is 14.8. The van der Waals surface area contributed by atoms with E-state index >= 15 is 0 Å². The lowest BCUT2D eigenvalue weighted by Gasteiger charge is -2.28. The topological polar surface area (TPSA) is 64.4 Å². The number of ether oxygens (including phenoxy) is 1. The van der Waals surface area contributed by atoms with Gasteiger partial charge in [-0.1, -0.05) is 12.8 Å². The molecular formula is C15H28N2O2. The van der Waals surface area contributed by atoms with Crippen molar-refractivity contribution in [1.29, 1.82) is 0 Å². The van der Waals surface area contributed by atoms with Gasteiger partial charge in [-0.2, -0.15) is 0 Å². The van der Waals surface area contributed by atoms with Crippen LogP contribution in [-0.2, 0) is 9.53 Å². The van der Waals surface area contributed by atoms with Crippen LogP contribution in [0.2, 0.25) is 0 Å². The van der Waals surface area contributed by atoms with Gasteiger partial charge in [0, 0.05) is 19.1 Å². The first-order chi connectivity index (χ1) is 9.29. The lowest BCUT2D eigenvalue weighted by atomic mass is 9.79. The molecule has 3 N–H and O–H groups in total. The fourth-order valence-corrected chi connectivity index (χ4v) is 3.40. The number of carbonyl (C=O) groups excluding carboxylic acids is 1. The highest BCUT2D eigenvalue weighted by atomic mass is 16.5. The molecule has 0 aromatic heterocycles. The number of carbonyl (C=O) groups is 1. The second-order valence-corrected chi connectivity index (χ2v) is 6.02. The number of hydrogen-bond donors (Lipinski definition) is 2. The highest BCUT2D eigenvalue weighted by Gasteiger charge is 2.26. The van der Waals surface area contributed by atoms with E-state index in [0.29, 0.717) is 12.0 Å². The Kier molecular flexibility index (Phi) is 6.11. The molecule has 1 aliphatic carbocycles. The fourth-order valence-electron chi connectivity index (χ4n) is 3.40. The van der Waals surface area contributed by atoms with Crippen LogP contribution in [0.4, 0.5) is 0 Å². The summed E-state index contributed by atoms with van der Waals surface area (Å²) in [4.78, 5) is 12.1. The molecule has 1 amide bonds. The number of amides is 1. The Morgan fingerprint density at radius 3 is 2.84 bits per heavy atom. The summed E-state index contributed by atoms with van der Waals surface area (Å²) >= 11 is 0. The summed E-state index contributed by atoms with van der Waals surface area (Å²) in [6.07, 6.45) is 9.22. The van der Waals surface area contributed by atoms with Crippen LogP contribution in [0.5, 0.6) is 0 Å². The molecule has 1 saturated carbocycles. The third-order valence-electron chi connectivity index (χ3n) is 4.52. The van der Waals surface area contributed by atoms with Crippen molar-refractivity contribution in [2.75, 3.05) is 19.7 Å². The summed E-state index contributed by atoms with van der Waals surface area (Å²) in [5.41, 5.74) is 5.62. The summed E-state index contributed by atoms with van der Waals surface area (Å²) in [7, 11) is 0. The van der Waals surface area contributed by atoms with Gasteiger partial charge in [0.25, 0.3) is 0 Å². The van der Waals surface area contributed by atoms with Crippen molar-refractivity contribution in [1.82, 2.24) is 5.32 Å². The Labute approximate surface area is 116 Å². The van der Waals surface area contributed by atoms with Gasteiger partial charge in [-0.25, -0.2) is 0 Å². The minimum atomic E-state index is 0.217. The smallest absolute Gasteiger partial charge is 0.223 e. The van der Waals surface area contributed by atoms with Crippen LogP contribution < -0.4 is 11.1 Å². The Balaban J connectivity index is 1.64. The van der Waals surface area contributed by atoms with Crippen molar-refractivity contribution in [3.8, 4) is 0 Å². The maximum absolute atomic E-state index is 12.1. The minimum absolute atomic E-state index is 0.217. The Hall–Kier alpha value is -0.610. The third-order valence-corrected chi connectivity index (χ3v) is 4.52. The molecule has 4 heteroatoms. The molecule has 2 aliphatic rings. The fraction of sp³-hybridized carbons (Fsp3) is 0.933. The van der Waals surface area contributed by atoms with E-state index in [0.717, 1.165) is 51.8 Å². The average Bonchev–Trinajstić information content (AvgIpc) is 2.92. The molecule has 0 aromatic rings. The molecule has 3 atom stereocenters. The van der Waals surface area contributed by atoms with Gasteiger partial charge in [0.2, 0.25) is 5.91 Å². The van der Waals surface area contributed by atoms with E-state index < -0.39 is 0 Å². The molecule has 1 saturated heterocycles. The summed E-state index contributed by atoms with van der Waals surface area (Å²) < 4.78 is 5.56. The van der Waals surface area contributed by atoms with Gasteiger partial charge in [-0.15, -0.1) is 0 Å². The summed E-state index contributed by atoms with van der Waals surface area (Å²) in [6.45, 7) is 2.40. The summed E-state index contributed by atoms with van der Waals surface area (Å²) in [5.74, 6) is 1.13. The van der Waals surface area contributed by atoms with Crippen molar-refractivity contribution >= 4 is 5.91 Å². The van der Waals surface area contributed by atoms with Gasteiger partial charge >= 0.3 is 0 Å². The molecule has 0 spiro atoms. The number of nitrogens with two attached hydrogens (primary N) is 1. The van der Waals surface area contributed by atoms with E-state index in [-0.39, 0.29) is 11.8 Å². The number of hydrogen-bond acceptors (Lipinski definition) is 3. The number of rotatable bonds is 6. The van der Waals surface area contributed by atoms with Crippen molar-refractivity contribution < 1.29 is 9.53 Å². The molecule has 19 heavy (non-hydrogen) atoms. The Morgan fingerprint density at radius 2 is 2.11 bits per heavy atom. The second-order valence-electron chi connectivity index (χ2n) is 6.02. The normalized spacial score (nSPS) is 31.3. The molecular weight excluding hydrogens is 240 g/mol. The van der Waals surface area contributed by atoms with Crippen LogP contribution in [0.15, 0.2) is 0 Å². The highest BCUT2D eigenvalue weighted by Crippen LogP contribution is 2.30. The van der Waals surface area contributed by atoms with E-state index in [1.54, 1.807) is 0 Å². The zero-order chi connectivity index (χ0) is 13.5. The predicted molar refractivity (Wildman–Crippen MR) is 75.7 cm³/mol.